The molecule has 4 N–H and O–H groups in total. The van der Waals surface area contributed by atoms with Crippen molar-refractivity contribution in [1.82, 2.24) is 4.98 Å². The van der Waals surface area contributed by atoms with Crippen LogP contribution in [0.2, 0.25) is 5.02 Å². The van der Waals surface area contributed by atoms with Crippen molar-refractivity contribution in [3.05, 3.63) is 28.8 Å². The Balaban J connectivity index is 2.97. The minimum Gasteiger partial charge on any atom is -0.369 e. The molecule has 5 nitrogen and oxygen atoms in total. The average molecular weight is 216 g/mol. The average Bonchev–Trinajstić information content (AvgIpc) is 2.09. The van der Waals surface area contributed by atoms with Crippen LogP contribution in [0.5, 0.6) is 0 Å². The molecule has 0 saturated carbocycles. The summed E-state index contributed by atoms with van der Waals surface area (Å²) in [6.45, 7) is 0. The van der Waals surface area contributed by atoms with Crippen LogP contribution in [0.4, 0.5) is 4.39 Å². The molecule has 0 fully saturated rings. The second-order valence-corrected chi connectivity index (χ2v) is 2.69. The number of nitrogens with two attached hydrogens (primary N) is 2. The molecule has 0 atom stereocenters. The molecule has 1 aromatic heterocycles. The van der Waals surface area contributed by atoms with Gasteiger partial charge in [-0.15, -0.1) is 5.10 Å². The summed E-state index contributed by atoms with van der Waals surface area (Å²) in [5.74, 6) is -0.807. The van der Waals surface area contributed by atoms with Crippen LogP contribution < -0.4 is 11.5 Å². The number of guanidine groups is 1. The molecule has 0 spiro atoms. The molecular formula is C7H7ClFN5. The van der Waals surface area contributed by atoms with Crippen LogP contribution >= 0.6 is 11.6 Å². The van der Waals surface area contributed by atoms with E-state index in [2.05, 4.69) is 15.2 Å². The van der Waals surface area contributed by atoms with E-state index in [0.29, 0.717) is 0 Å². The summed E-state index contributed by atoms with van der Waals surface area (Å²) in [5, 5.41) is 6.86. The molecule has 0 saturated heterocycles. The number of nitrogens with zero attached hydrogens (tertiary/aromatic N) is 3. The van der Waals surface area contributed by atoms with Crippen LogP contribution in [0.3, 0.4) is 0 Å². The number of rotatable bonds is 2. The van der Waals surface area contributed by atoms with Gasteiger partial charge in [0.2, 0.25) is 5.96 Å². The zero-order chi connectivity index (χ0) is 10.6. The summed E-state index contributed by atoms with van der Waals surface area (Å²) in [4.78, 5) is 3.53. The van der Waals surface area contributed by atoms with Crippen LogP contribution in [0, 0.1) is 5.82 Å². The van der Waals surface area contributed by atoms with Gasteiger partial charge >= 0.3 is 0 Å². The molecule has 0 bridgehead atoms. The second-order valence-electron chi connectivity index (χ2n) is 2.29. The van der Waals surface area contributed by atoms with Gasteiger partial charge in [0.05, 0.1) is 23.0 Å². The number of aromatic nitrogens is 1. The molecule has 14 heavy (non-hydrogen) atoms. The molecular weight excluding hydrogens is 209 g/mol. The van der Waals surface area contributed by atoms with Crippen molar-refractivity contribution in [2.75, 3.05) is 0 Å². The minimum atomic E-state index is -0.591. The SMILES string of the molecule is NC(N)=N/N=C\c1c(F)cncc1Cl. The molecule has 0 amide bonds. The molecule has 1 heterocycles. The first-order valence-corrected chi connectivity index (χ1v) is 3.90. The van der Waals surface area contributed by atoms with E-state index < -0.39 is 5.82 Å². The van der Waals surface area contributed by atoms with Crippen LogP contribution in [0.15, 0.2) is 22.6 Å². The molecule has 0 aliphatic carbocycles. The van der Waals surface area contributed by atoms with Crippen molar-refractivity contribution >= 4 is 23.8 Å². The fourth-order valence-electron chi connectivity index (χ4n) is 0.698. The summed E-state index contributed by atoms with van der Waals surface area (Å²) < 4.78 is 13.0. The van der Waals surface area contributed by atoms with Crippen LogP contribution in [0.25, 0.3) is 0 Å². The monoisotopic (exact) mass is 215 g/mol. The first-order chi connectivity index (χ1) is 6.61. The van der Waals surface area contributed by atoms with E-state index in [9.17, 15) is 4.39 Å². The first kappa shape index (κ1) is 10.4. The maximum Gasteiger partial charge on any atom is 0.211 e. The molecule has 7 heteroatoms. The highest BCUT2D eigenvalue weighted by Gasteiger charge is 2.03. The van der Waals surface area contributed by atoms with E-state index in [4.69, 9.17) is 23.1 Å². The van der Waals surface area contributed by atoms with Crippen molar-refractivity contribution < 1.29 is 4.39 Å². The van der Waals surface area contributed by atoms with E-state index in [1.54, 1.807) is 0 Å². The van der Waals surface area contributed by atoms with Gasteiger partial charge in [0.15, 0.2) is 5.82 Å². The van der Waals surface area contributed by atoms with E-state index >= 15 is 0 Å². The van der Waals surface area contributed by atoms with Gasteiger partial charge in [0.1, 0.15) is 0 Å². The lowest BCUT2D eigenvalue weighted by Crippen LogP contribution is -2.21. The maximum absolute atomic E-state index is 13.0. The van der Waals surface area contributed by atoms with Gasteiger partial charge in [0, 0.05) is 6.20 Å². The predicted molar refractivity (Wildman–Crippen MR) is 52.6 cm³/mol. The summed E-state index contributed by atoms with van der Waals surface area (Å²) in [7, 11) is 0. The molecule has 74 valence electrons. The van der Waals surface area contributed by atoms with Crippen LogP contribution in [0.1, 0.15) is 5.56 Å². The Labute approximate surface area is 84.3 Å². The molecule has 0 aliphatic heterocycles. The van der Waals surface area contributed by atoms with Gasteiger partial charge in [-0.3, -0.25) is 4.98 Å². The lowest BCUT2D eigenvalue weighted by atomic mass is 10.3. The van der Waals surface area contributed by atoms with Crippen molar-refractivity contribution in [3.8, 4) is 0 Å². The third-order valence-corrected chi connectivity index (χ3v) is 1.55. The normalized spacial score (nSPS) is 10.4. The second kappa shape index (κ2) is 4.52. The summed E-state index contributed by atoms with van der Waals surface area (Å²) in [6, 6.07) is 0. The molecule has 1 rings (SSSR count). The smallest absolute Gasteiger partial charge is 0.211 e. The highest BCUT2D eigenvalue weighted by atomic mass is 35.5. The highest BCUT2D eigenvalue weighted by molar-refractivity contribution is 6.32. The Morgan fingerprint density at radius 2 is 2.21 bits per heavy atom. The van der Waals surface area contributed by atoms with E-state index in [1.165, 1.54) is 6.20 Å². The molecule has 0 aliphatic rings. The molecule has 0 radical (unpaired) electrons. The zero-order valence-electron chi connectivity index (χ0n) is 6.98. The first-order valence-electron chi connectivity index (χ1n) is 3.52. The summed E-state index contributed by atoms with van der Waals surface area (Å²) in [6.07, 6.45) is 3.42. The number of hydrogen-bond donors (Lipinski definition) is 2. The van der Waals surface area contributed by atoms with E-state index in [0.717, 1.165) is 12.4 Å². The van der Waals surface area contributed by atoms with E-state index in [1.807, 2.05) is 0 Å². The fraction of sp³-hybridized carbons (Fsp3) is 0. The third kappa shape index (κ3) is 2.67. The van der Waals surface area contributed by atoms with Crippen LogP contribution in [-0.2, 0) is 0 Å². The van der Waals surface area contributed by atoms with Gasteiger partial charge in [-0.2, -0.15) is 5.10 Å². The predicted octanol–water partition coefficient (Wildman–Crippen LogP) is 0.481. The molecule has 1 aromatic rings. The van der Waals surface area contributed by atoms with Gasteiger partial charge in [-0.05, 0) is 0 Å². The lowest BCUT2D eigenvalue weighted by molar-refractivity contribution is 0.619. The van der Waals surface area contributed by atoms with Crippen molar-refractivity contribution in [2.24, 2.45) is 21.7 Å². The topological polar surface area (TPSA) is 89.7 Å². The van der Waals surface area contributed by atoms with Gasteiger partial charge in [-0.25, -0.2) is 4.39 Å². The number of pyridine rings is 1. The molecule has 0 unspecified atom stereocenters. The lowest BCUT2D eigenvalue weighted by Gasteiger charge is -1.96. The Morgan fingerprint density at radius 1 is 1.50 bits per heavy atom. The van der Waals surface area contributed by atoms with E-state index in [-0.39, 0.29) is 16.5 Å². The van der Waals surface area contributed by atoms with Crippen molar-refractivity contribution in [2.45, 2.75) is 0 Å². The number of halogens is 2. The Kier molecular flexibility index (Phi) is 3.35. The zero-order valence-corrected chi connectivity index (χ0v) is 7.74. The van der Waals surface area contributed by atoms with Crippen molar-refractivity contribution in [1.29, 1.82) is 0 Å². The van der Waals surface area contributed by atoms with Gasteiger partial charge in [-0.1, -0.05) is 11.6 Å². The fourth-order valence-corrected chi connectivity index (χ4v) is 0.893. The Hall–Kier alpha value is -1.69. The van der Waals surface area contributed by atoms with Crippen molar-refractivity contribution in [3.63, 3.8) is 0 Å². The maximum atomic E-state index is 13.0. The molecule has 0 aromatic carbocycles. The summed E-state index contributed by atoms with van der Waals surface area (Å²) in [5.41, 5.74) is 10.1. The Morgan fingerprint density at radius 3 is 2.79 bits per heavy atom. The summed E-state index contributed by atoms with van der Waals surface area (Å²) >= 11 is 5.64. The minimum absolute atomic E-state index is 0.0895. The third-order valence-electron chi connectivity index (χ3n) is 1.25. The highest BCUT2D eigenvalue weighted by Crippen LogP contribution is 2.14. The van der Waals surface area contributed by atoms with Crippen LogP contribution in [-0.4, -0.2) is 17.2 Å². The number of hydrogen-bond acceptors (Lipinski definition) is 3. The van der Waals surface area contributed by atoms with Gasteiger partial charge in [0.25, 0.3) is 0 Å². The Bertz CT molecular complexity index is 365. The largest absolute Gasteiger partial charge is 0.369 e. The quantitative estimate of drug-likeness (QED) is 0.427. The standard InChI is InChI=1S/C7H7ClFN5/c8-5-2-12-3-6(9)4(5)1-13-14-7(10)11/h1-3H,(H4,10,11,14)/b13-1-. The van der Waals surface area contributed by atoms with Gasteiger partial charge < -0.3 is 11.5 Å².